The van der Waals surface area contributed by atoms with E-state index in [1.807, 2.05) is 0 Å². The summed E-state index contributed by atoms with van der Waals surface area (Å²) in [5.41, 5.74) is 0.321. The molecule has 1 aliphatic rings. The summed E-state index contributed by atoms with van der Waals surface area (Å²) in [4.78, 5) is 10.8. The number of benzene rings is 1. The van der Waals surface area contributed by atoms with Gasteiger partial charge in [0.2, 0.25) is 0 Å². The highest BCUT2D eigenvalue weighted by atomic mass is 32.2. The molecule has 5 heteroatoms. The van der Waals surface area contributed by atoms with Crippen LogP contribution in [0, 0.1) is 17.8 Å². The maximum atomic E-state index is 11.5. The van der Waals surface area contributed by atoms with Crippen LogP contribution in [0.25, 0.3) is 0 Å². The lowest BCUT2D eigenvalue weighted by molar-refractivity contribution is 0.0692. The van der Waals surface area contributed by atoms with Gasteiger partial charge in [-0.25, -0.2) is 13.2 Å². The van der Waals surface area contributed by atoms with Crippen LogP contribution in [0.4, 0.5) is 0 Å². The van der Waals surface area contributed by atoms with Crippen LogP contribution in [0.2, 0.25) is 0 Å². The van der Waals surface area contributed by atoms with Crippen molar-refractivity contribution in [1.29, 1.82) is 0 Å². The Morgan fingerprint density at radius 2 is 2.06 bits per heavy atom. The normalized spacial score (nSPS) is 14.7. The predicted molar refractivity (Wildman–Crippen MR) is 66.1 cm³/mol. The number of hydrogen-bond donors (Lipinski definition) is 1. The molecule has 0 aromatic heterocycles. The SMILES string of the molecule is CS(=O)(=O)c1cc(C#CC2CC2)ccc1C(=O)O. The van der Waals surface area contributed by atoms with Crippen molar-refractivity contribution in [3.8, 4) is 11.8 Å². The molecule has 1 aromatic rings. The molecule has 0 radical (unpaired) electrons. The van der Waals surface area contributed by atoms with Crippen LogP contribution in [-0.4, -0.2) is 25.7 Å². The quantitative estimate of drug-likeness (QED) is 0.823. The van der Waals surface area contributed by atoms with E-state index in [-0.39, 0.29) is 10.5 Å². The number of carboxylic acid groups (broad SMARTS) is 1. The predicted octanol–water partition coefficient (Wildman–Crippen LogP) is 1.55. The molecule has 1 N–H and O–H groups in total. The summed E-state index contributed by atoms with van der Waals surface area (Å²) in [6, 6.07) is 4.15. The van der Waals surface area contributed by atoms with Gasteiger partial charge in [0, 0.05) is 17.7 Å². The minimum atomic E-state index is -3.57. The summed E-state index contributed by atoms with van der Waals surface area (Å²) >= 11 is 0. The van der Waals surface area contributed by atoms with E-state index in [2.05, 4.69) is 11.8 Å². The highest BCUT2D eigenvalue weighted by molar-refractivity contribution is 7.90. The number of hydrogen-bond acceptors (Lipinski definition) is 3. The molecule has 2 rings (SSSR count). The smallest absolute Gasteiger partial charge is 0.337 e. The number of carboxylic acids is 1. The van der Waals surface area contributed by atoms with Crippen molar-refractivity contribution in [2.24, 2.45) is 5.92 Å². The lowest BCUT2D eigenvalue weighted by Crippen LogP contribution is -2.07. The van der Waals surface area contributed by atoms with Crippen LogP contribution in [0.15, 0.2) is 23.1 Å². The second-order valence-corrected chi connectivity index (χ2v) is 6.32. The maximum absolute atomic E-state index is 11.5. The number of rotatable bonds is 2. The monoisotopic (exact) mass is 264 g/mol. The van der Waals surface area contributed by atoms with Crippen molar-refractivity contribution in [2.45, 2.75) is 17.7 Å². The summed E-state index contributed by atoms with van der Waals surface area (Å²) < 4.78 is 23.1. The van der Waals surface area contributed by atoms with Gasteiger partial charge < -0.3 is 5.11 Å². The molecule has 0 unspecified atom stereocenters. The average molecular weight is 264 g/mol. The van der Waals surface area contributed by atoms with Gasteiger partial charge in [-0.2, -0.15) is 0 Å². The first-order valence-electron chi connectivity index (χ1n) is 5.47. The van der Waals surface area contributed by atoms with E-state index in [1.165, 1.54) is 18.2 Å². The van der Waals surface area contributed by atoms with Gasteiger partial charge in [0.1, 0.15) is 0 Å². The molecule has 0 aliphatic heterocycles. The third kappa shape index (κ3) is 2.90. The summed E-state index contributed by atoms with van der Waals surface area (Å²) in [6.45, 7) is 0. The van der Waals surface area contributed by atoms with E-state index in [0.717, 1.165) is 19.1 Å². The molecule has 1 fully saturated rings. The van der Waals surface area contributed by atoms with Crippen LogP contribution in [0.5, 0.6) is 0 Å². The average Bonchev–Trinajstić information content (AvgIpc) is 3.08. The van der Waals surface area contributed by atoms with Gasteiger partial charge in [0.05, 0.1) is 10.5 Å². The highest BCUT2D eigenvalue weighted by Gasteiger charge is 2.19. The molecule has 18 heavy (non-hydrogen) atoms. The topological polar surface area (TPSA) is 71.4 Å². The van der Waals surface area contributed by atoms with Crippen LogP contribution in [0.3, 0.4) is 0 Å². The van der Waals surface area contributed by atoms with Crippen LogP contribution in [-0.2, 0) is 9.84 Å². The summed E-state index contributed by atoms with van der Waals surface area (Å²) in [7, 11) is -3.57. The molecule has 94 valence electrons. The highest BCUT2D eigenvalue weighted by Crippen LogP contribution is 2.27. The van der Waals surface area contributed by atoms with E-state index in [4.69, 9.17) is 5.11 Å². The van der Waals surface area contributed by atoms with Crippen molar-refractivity contribution in [1.82, 2.24) is 0 Å². The Labute approximate surface area is 106 Å². The Morgan fingerprint density at radius 3 is 2.56 bits per heavy atom. The molecule has 4 nitrogen and oxygen atoms in total. The Morgan fingerprint density at radius 1 is 1.39 bits per heavy atom. The van der Waals surface area contributed by atoms with Crippen molar-refractivity contribution < 1.29 is 18.3 Å². The van der Waals surface area contributed by atoms with E-state index >= 15 is 0 Å². The van der Waals surface area contributed by atoms with Gasteiger partial charge in [0.25, 0.3) is 0 Å². The van der Waals surface area contributed by atoms with Gasteiger partial charge in [-0.15, -0.1) is 0 Å². The number of aromatic carboxylic acids is 1. The van der Waals surface area contributed by atoms with E-state index < -0.39 is 15.8 Å². The van der Waals surface area contributed by atoms with Crippen molar-refractivity contribution in [3.63, 3.8) is 0 Å². The fourth-order valence-electron chi connectivity index (χ4n) is 1.50. The van der Waals surface area contributed by atoms with Crippen molar-refractivity contribution in [2.75, 3.05) is 6.26 Å². The van der Waals surface area contributed by atoms with E-state index in [1.54, 1.807) is 0 Å². The van der Waals surface area contributed by atoms with Gasteiger partial charge in [-0.1, -0.05) is 11.8 Å². The van der Waals surface area contributed by atoms with Crippen LogP contribution < -0.4 is 0 Å². The second-order valence-electron chi connectivity index (χ2n) is 4.33. The van der Waals surface area contributed by atoms with Crippen molar-refractivity contribution >= 4 is 15.8 Å². The van der Waals surface area contributed by atoms with Crippen molar-refractivity contribution in [3.05, 3.63) is 29.3 Å². The van der Waals surface area contributed by atoms with Crippen LogP contribution >= 0.6 is 0 Å². The molecule has 1 saturated carbocycles. The maximum Gasteiger partial charge on any atom is 0.337 e. The third-order valence-corrected chi connectivity index (χ3v) is 3.75. The zero-order chi connectivity index (χ0) is 13.3. The van der Waals surface area contributed by atoms with Crippen LogP contribution in [0.1, 0.15) is 28.8 Å². The molecular weight excluding hydrogens is 252 g/mol. The van der Waals surface area contributed by atoms with E-state index in [9.17, 15) is 13.2 Å². The zero-order valence-corrected chi connectivity index (χ0v) is 10.6. The van der Waals surface area contributed by atoms with E-state index in [0.29, 0.717) is 11.5 Å². The molecule has 0 saturated heterocycles. The molecule has 0 spiro atoms. The first-order valence-corrected chi connectivity index (χ1v) is 7.36. The molecule has 0 bridgehead atoms. The summed E-state index contributed by atoms with van der Waals surface area (Å²) in [6.07, 6.45) is 3.16. The minimum Gasteiger partial charge on any atom is -0.478 e. The largest absolute Gasteiger partial charge is 0.478 e. The molecule has 0 amide bonds. The lowest BCUT2D eigenvalue weighted by Gasteiger charge is -2.04. The third-order valence-electron chi connectivity index (χ3n) is 2.61. The van der Waals surface area contributed by atoms with Gasteiger partial charge >= 0.3 is 5.97 Å². The lowest BCUT2D eigenvalue weighted by atomic mass is 10.1. The zero-order valence-electron chi connectivity index (χ0n) is 9.80. The van der Waals surface area contributed by atoms with Gasteiger partial charge in [0.15, 0.2) is 9.84 Å². The first kappa shape index (κ1) is 12.7. The summed E-state index contributed by atoms with van der Waals surface area (Å²) in [5, 5.41) is 8.95. The first-order chi connectivity index (χ1) is 8.38. The molecule has 1 aliphatic carbocycles. The number of carbonyl (C=O) groups is 1. The molecular formula is C13H12O4S. The molecule has 1 aromatic carbocycles. The summed E-state index contributed by atoms with van der Waals surface area (Å²) in [5.74, 6) is 5.04. The Hall–Kier alpha value is -1.80. The van der Waals surface area contributed by atoms with Gasteiger partial charge in [-0.05, 0) is 31.0 Å². The molecule has 0 atom stereocenters. The Balaban J connectivity index is 2.49. The fourth-order valence-corrected chi connectivity index (χ4v) is 2.39. The minimum absolute atomic E-state index is 0.183. The second kappa shape index (κ2) is 4.46. The Bertz CT molecular complexity index is 658. The fraction of sp³-hybridized carbons (Fsp3) is 0.308. The molecule has 0 heterocycles. The Kier molecular flexibility index (Phi) is 3.14. The standard InChI is InChI=1S/C13H12O4S/c1-18(16,17)12-8-10(5-4-9-2-3-9)6-7-11(12)13(14)15/h6-9H,2-3H2,1H3,(H,14,15). The van der Waals surface area contributed by atoms with Gasteiger partial charge in [-0.3, -0.25) is 0 Å². The number of sulfone groups is 1.